The minimum Gasteiger partial charge on any atom is -0.302 e. The van der Waals surface area contributed by atoms with Crippen LogP contribution in [0.25, 0.3) is 16.2 Å². The lowest BCUT2D eigenvalue weighted by atomic mass is 10.2. The molecule has 0 bridgehead atoms. The number of rotatable bonds is 5. The maximum atomic E-state index is 14.1. The van der Waals surface area contributed by atoms with Crippen molar-refractivity contribution in [2.45, 2.75) is 12.7 Å². The van der Waals surface area contributed by atoms with Gasteiger partial charge in [-0.2, -0.15) is 23.4 Å². The Morgan fingerprint density at radius 1 is 1.08 bits per heavy atom. The number of alkyl halides is 3. The molecule has 7 nitrogen and oxygen atoms in total. The summed E-state index contributed by atoms with van der Waals surface area (Å²) in [4.78, 5) is 17.6. The average Bonchev–Trinajstić information content (AvgIpc) is 3.55. The number of fused-ring (bicyclic) bond motifs is 1. The van der Waals surface area contributed by atoms with Gasteiger partial charge in [0.15, 0.2) is 22.9 Å². The van der Waals surface area contributed by atoms with Gasteiger partial charge in [-0.15, -0.1) is 11.3 Å². The maximum Gasteiger partial charge on any atom is 0.433 e. The predicted molar refractivity (Wildman–Crippen MR) is 127 cm³/mol. The number of benzene rings is 1. The van der Waals surface area contributed by atoms with Crippen LogP contribution in [0.1, 0.15) is 21.7 Å². The Bertz CT molecular complexity index is 1580. The van der Waals surface area contributed by atoms with E-state index < -0.39 is 23.6 Å². The zero-order valence-electron chi connectivity index (χ0n) is 17.7. The fraction of sp³-hybridized carbons (Fsp3) is 0.0909. The Balaban J connectivity index is 1.45. The summed E-state index contributed by atoms with van der Waals surface area (Å²) < 4.78 is 57.1. The molecule has 0 aliphatic carbocycles. The zero-order valence-corrected chi connectivity index (χ0v) is 20.1. The van der Waals surface area contributed by atoms with Gasteiger partial charge in [-0.05, 0) is 29.6 Å². The molecule has 5 aromatic rings. The van der Waals surface area contributed by atoms with E-state index in [0.717, 1.165) is 12.1 Å². The van der Waals surface area contributed by atoms with Gasteiger partial charge in [0.1, 0.15) is 10.8 Å². The van der Waals surface area contributed by atoms with E-state index in [1.165, 1.54) is 40.4 Å². The Hall–Kier alpha value is -3.48. The highest BCUT2D eigenvalue weighted by Gasteiger charge is 2.36. The molecule has 0 radical (unpaired) electrons. The second kappa shape index (κ2) is 9.19. The standard InChI is InChI=1S/C22H12Cl2F4N6OS/c23-12-3-1-4-14(25)11(12)9-33-10-13(24)20(32-33)30-21(35)16-8-19-29-15(17-5-2-6-36-17)7-18(22(26,27)28)34(19)31-16/h1-8,10H,9H2,(H,30,32,35). The number of thiophene rings is 1. The van der Waals surface area contributed by atoms with Gasteiger partial charge in [0, 0.05) is 22.8 Å². The van der Waals surface area contributed by atoms with Gasteiger partial charge >= 0.3 is 6.18 Å². The second-order valence-electron chi connectivity index (χ2n) is 7.48. The summed E-state index contributed by atoms with van der Waals surface area (Å²) in [5.41, 5.74) is -1.31. The third-order valence-corrected chi connectivity index (χ3v) is 6.58. The van der Waals surface area contributed by atoms with E-state index in [1.807, 2.05) is 0 Å². The number of halogens is 6. The first-order chi connectivity index (χ1) is 17.1. The number of aromatic nitrogens is 5. The molecule has 36 heavy (non-hydrogen) atoms. The molecule has 0 saturated heterocycles. The molecule has 14 heteroatoms. The first-order valence-electron chi connectivity index (χ1n) is 10.1. The highest BCUT2D eigenvalue weighted by Crippen LogP contribution is 2.33. The van der Waals surface area contributed by atoms with Crippen molar-refractivity contribution in [1.82, 2.24) is 24.4 Å². The molecular formula is C22H12Cl2F4N6OS. The van der Waals surface area contributed by atoms with Crippen LogP contribution in [0.5, 0.6) is 0 Å². The van der Waals surface area contributed by atoms with E-state index in [1.54, 1.807) is 17.5 Å². The summed E-state index contributed by atoms with van der Waals surface area (Å²) in [6.45, 7) is -0.0696. The van der Waals surface area contributed by atoms with Crippen molar-refractivity contribution in [1.29, 1.82) is 0 Å². The van der Waals surface area contributed by atoms with Gasteiger partial charge in [0.25, 0.3) is 5.91 Å². The topological polar surface area (TPSA) is 77.1 Å². The van der Waals surface area contributed by atoms with Crippen molar-refractivity contribution in [3.8, 4) is 10.6 Å². The monoisotopic (exact) mass is 554 g/mol. The molecule has 1 amide bonds. The lowest BCUT2D eigenvalue weighted by Gasteiger charge is -2.10. The molecule has 1 aromatic carbocycles. The van der Waals surface area contributed by atoms with Crippen LogP contribution in [0.4, 0.5) is 23.4 Å². The highest BCUT2D eigenvalue weighted by atomic mass is 35.5. The number of anilines is 1. The van der Waals surface area contributed by atoms with E-state index >= 15 is 0 Å². The van der Waals surface area contributed by atoms with Crippen LogP contribution >= 0.6 is 34.5 Å². The van der Waals surface area contributed by atoms with Crippen LogP contribution in [-0.2, 0) is 12.7 Å². The first-order valence-corrected chi connectivity index (χ1v) is 11.7. The van der Waals surface area contributed by atoms with Gasteiger partial charge in [0.05, 0.1) is 17.1 Å². The number of nitrogens with zero attached hydrogens (tertiary/aromatic N) is 5. The van der Waals surface area contributed by atoms with E-state index in [2.05, 4.69) is 20.5 Å². The quantitative estimate of drug-likeness (QED) is 0.254. The summed E-state index contributed by atoms with van der Waals surface area (Å²) in [5.74, 6) is -1.49. The van der Waals surface area contributed by atoms with E-state index in [0.29, 0.717) is 9.39 Å². The SMILES string of the molecule is O=C(Nc1nn(Cc2c(F)cccc2Cl)cc1Cl)c1cc2nc(-c3cccs3)cc(C(F)(F)F)n2n1. The molecule has 0 aliphatic rings. The molecule has 0 aliphatic heterocycles. The van der Waals surface area contributed by atoms with Gasteiger partial charge in [-0.3, -0.25) is 9.48 Å². The lowest BCUT2D eigenvalue weighted by Crippen LogP contribution is -2.16. The number of amides is 1. The fourth-order valence-electron chi connectivity index (χ4n) is 3.42. The van der Waals surface area contributed by atoms with Crippen molar-refractivity contribution in [2.24, 2.45) is 0 Å². The highest BCUT2D eigenvalue weighted by molar-refractivity contribution is 7.13. The Morgan fingerprint density at radius 3 is 2.58 bits per heavy atom. The fourth-order valence-corrected chi connectivity index (χ4v) is 4.52. The molecular weight excluding hydrogens is 543 g/mol. The van der Waals surface area contributed by atoms with Crippen molar-refractivity contribution in [2.75, 3.05) is 5.32 Å². The van der Waals surface area contributed by atoms with Crippen LogP contribution in [0.3, 0.4) is 0 Å². The molecule has 0 unspecified atom stereocenters. The Morgan fingerprint density at radius 2 is 1.89 bits per heavy atom. The van der Waals surface area contributed by atoms with Crippen LogP contribution in [-0.4, -0.2) is 30.3 Å². The molecule has 4 heterocycles. The smallest absolute Gasteiger partial charge is 0.302 e. The van der Waals surface area contributed by atoms with Gasteiger partial charge in [-0.1, -0.05) is 35.3 Å². The second-order valence-corrected chi connectivity index (χ2v) is 9.24. The van der Waals surface area contributed by atoms with Gasteiger partial charge in [-0.25, -0.2) is 13.9 Å². The third-order valence-electron chi connectivity index (χ3n) is 5.05. The third kappa shape index (κ3) is 4.66. The number of carbonyl (C=O) groups excluding carboxylic acids is 1. The number of nitrogens with one attached hydrogen (secondary N) is 1. The lowest BCUT2D eigenvalue weighted by molar-refractivity contribution is -0.142. The predicted octanol–water partition coefficient (Wildman–Crippen LogP) is 6.42. The van der Waals surface area contributed by atoms with Crippen molar-refractivity contribution in [3.63, 3.8) is 0 Å². The molecule has 0 spiro atoms. The molecule has 4 aromatic heterocycles. The van der Waals surface area contributed by atoms with Gasteiger partial charge < -0.3 is 5.32 Å². The van der Waals surface area contributed by atoms with Gasteiger partial charge in [0.2, 0.25) is 0 Å². The van der Waals surface area contributed by atoms with Crippen LogP contribution in [0.15, 0.2) is 54.0 Å². The molecule has 0 fully saturated rings. The Kier molecular flexibility index (Phi) is 6.18. The molecule has 1 N–H and O–H groups in total. The van der Waals surface area contributed by atoms with Crippen LogP contribution < -0.4 is 5.32 Å². The number of hydrogen-bond donors (Lipinski definition) is 1. The summed E-state index contributed by atoms with van der Waals surface area (Å²) in [6.07, 6.45) is -3.40. The van der Waals surface area contributed by atoms with Crippen molar-refractivity contribution >= 4 is 51.9 Å². The summed E-state index contributed by atoms with van der Waals surface area (Å²) in [5, 5.41) is 12.3. The molecule has 0 saturated carbocycles. The average molecular weight is 555 g/mol. The number of carbonyl (C=O) groups is 1. The van der Waals surface area contributed by atoms with E-state index in [-0.39, 0.29) is 45.0 Å². The minimum absolute atomic E-state index is 0.0219. The van der Waals surface area contributed by atoms with Crippen molar-refractivity contribution < 1.29 is 22.4 Å². The summed E-state index contributed by atoms with van der Waals surface area (Å²) >= 11 is 13.4. The van der Waals surface area contributed by atoms with Crippen molar-refractivity contribution in [3.05, 3.63) is 86.9 Å². The van der Waals surface area contributed by atoms with Crippen LogP contribution in [0.2, 0.25) is 10.0 Å². The maximum absolute atomic E-state index is 14.1. The summed E-state index contributed by atoms with van der Waals surface area (Å²) in [6, 6.07) is 9.55. The van der Waals surface area contributed by atoms with Crippen LogP contribution in [0, 0.1) is 5.82 Å². The summed E-state index contributed by atoms with van der Waals surface area (Å²) in [7, 11) is 0. The molecule has 184 valence electrons. The molecule has 5 rings (SSSR count). The van der Waals surface area contributed by atoms with E-state index in [9.17, 15) is 22.4 Å². The number of hydrogen-bond acceptors (Lipinski definition) is 5. The normalized spacial score (nSPS) is 11.8. The molecule has 0 atom stereocenters. The largest absolute Gasteiger partial charge is 0.433 e. The first kappa shape index (κ1) is 24.2. The minimum atomic E-state index is -4.75. The Labute approximate surface area is 213 Å². The van der Waals surface area contributed by atoms with E-state index in [4.69, 9.17) is 23.2 Å². The zero-order chi connectivity index (χ0) is 25.6.